The van der Waals surface area contributed by atoms with E-state index in [-0.39, 0.29) is 18.5 Å². The maximum Gasteiger partial charge on any atom is 0.291 e. The molecule has 1 aromatic heterocycles. The molecule has 0 saturated carbocycles. The average molecular weight is 299 g/mol. The molecule has 1 heterocycles. The topological polar surface area (TPSA) is 110 Å². The van der Waals surface area contributed by atoms with Crippen LogP contribution in [0.3, 0.4) is 0 Å². The smallest absolute Gasteiger partial charge is 0.291 e. The Morgan fingerprint density at radius 1 is 1.27 bits per heavy atom. The molecule has 22 heavy (non-hydrogen) atoms. The number of carboxylic acids is 1. The van der Waals surface area contributed by atoms with E-state index in [1.165, 1.54) is 0 Å². The lowest BCUT2D eigenvalue weighted by Crippen LogP contribution is -2.24. The molecule has 114 valence electrons. The van der Waals surface area contributed by atoms with Crippen molar-refractivity contribution in [1.29, 1.82) is 0 Å². The number of aromatic nitrogens is 2. The highest BCUT2D eigenvalue weighted by atomic mass is 16.4. The zero-order chi connectivity index (χ0) is 15.9. The number of nitrogens with zero attached hydrogens (tertiary/aromatic N) is 2. The minimum Gasteiger partial charge on any atom is -0.550 e. The second kappa shape index (κ2) is 7.16. The third kappa shape index (κ3) is 4.27. The minimum atomic E-state index is -1.17. The number of hydrazone groups is 1. The Hall–Kier alpha value is -2.96. The summed E-state index contributed by atoms with van der Waals surface area (Å²) in [6.45, 7) is 1.78. The molecule has 0 unspecified atom stereocenters. The Morgan fingerprint density at radius 2 is 2.00 bits per heavy atom. The highest BCUT2D eigenvalue weighted by Crippen LogP contribution is 2.06. The van der Waals surface area contributed by atoms with Gasteiger partial charge < -0.3 is 9.90 Å². The number of benzene rings is 1. The Kier molecular flexibility index (Phi) is 5.02. The van der Waals surface area contributed by atoms with Crippen LogP contribution in [-0.2, 0) is 4.79 Å². The number of aliphatic carboxylic acids is 1. The van der Waals surface area contributed by atoms with Gasteiger partial charge in [0.15, 0.2) is 5.69 Å². The minimum absolute atomic E-state index is 0.159. The van der Waals surface area contributed by atoms with E-state index in [9.17, 15) is 14.7 Å². The first-order valence-electron chi connectivity index (χ1n) is 6.70. The summed E-state index contributed by atoms with van der Waals surface area (Å²) in [6, 6.07) is 10.6. The zero-order valence-corrected chi connectivity index (χ0v) is 12.0. The van der Waals surface area contributed by atoms with Gasteiger partial charge in [0.05, 0.1) is 5.71 Å². The van der Waals surface area contributed by atoms with E-state index in [0.717, 1.165) is 11.3 Å². The maximum atomic E-state index is 11.9. The number of rotatable bonds is 6. The van der Waals surface area contributed by atoms with Crippen LogP contribution in [0.15, 0.2) is 41.5 Å². The van der Waals surface area contributed by atoms with Gasteiger partial charge in [0.1, 0.15) is 0 Å². The van der Waals surface area contributed by atoms with E-state index in [0.29, 0.717) is 5.71 Å². The molecule has 1 amide bonds. The molecule has 0 spiro atoms. The average Bonchev–Trinajstić information content (AvgIpc) is 2.94. The van der Waals surface area contributed by atoms with Crippen molar-refractivity contribution < 1.29 is 14.7 Å². The molecule has 2 N–H and O–H groups in total. The van der Waals surface area contributed by atoms with Crippen molar-refractivity contribution in [2.45, 2.75) is 19.8 Å². The van der Waals surface area contributed by atoms with Gasteiger partial charge in [0.2, 0.25) is 0 Å². The van der Waals surface area contributed by atoms with Gasteiger partial charge in [-0.1, -0.05) is 30.3 Å². The van der Waals surface area contributed by atoms with E-state index in [2.05, 4.69) is 20.7 Å². The van der Waals surface area contributed by atoms with Crippen molar-refractivity contribution in [3.63, 3.8) is 0 Å². The lowest BCUT2D eigenvalue weighted by atomic mass is 10.1. The van der Waals surface area contributed by atoms with Crippen LogP contribution < -0.4 is 10.5 Å². The lowest BCUT2D eigenvalue weighted by Gasteiger charge is -2.07. The molecule has 0 fully saturated rings. The van der Waals surface area contributed by atoms with Crippen LogP contribution in [0.1, 0.15) is 34.6 Å². The Labute approximate surface area is 127 Å². The van der Waals surface area contributed by atoms with Gasteiger partial charge in [-0.2, -0.15) is 10.2 Å². The summed E-state index contributed by atoms with van der Waals surface area (Å²) in [5, 5.41) is 21.1. The molecule has 0 aliphatic heterocycles. The van der Waals surface area contributed by atoms with Crippen LogP contribution in [0.2, 0.25) is 0 Å². The molecule has 7 heteroatoms. The normalized spacial score (nSPS) is 11.2. The van der Waals surface area contributed by atoms with Gasteiger partial charge in [-0.3, -0.25) is 9.89 Å². The van der Waals surface area contributed by atoms with Crippen molar-refractivity contribution >= 4 is 17.6 Å². The van der Waals surface area contributed by atoms with Gasteiger partial charge >= 0.3 is 0 Å². The van der Waals surface area contributed by atoms with Crippen molar-refractivity contribution in [3.8, 4) is 0 Å². The van der Waals surface area contributed by atoms with E-state index >= 15 is 0 Å². The van der Waals surface area contributed by atoms with E-state index < -0.39 is 11.9 Å². The van der Waals surface area contributed by atoms with Crippen molar-refractivity contribution in [3.05, 3.63) is 53.3 Å². The van der Waals surface area contributed by atoms with Crippen LogP contribution in [0.5, 0.6) is 0 Å². The van der Waals surface area contributed by atoms with Gasteiger partial charge in [-0.05, 0) is 31.4 Å². The number of aryl methyl sites for hydroxylation is 1. The predicted octanol–water partition coefficient (Wildman–Crippen LogP) is 0.382. The molecule has 2 aromatic rings. The number of aromatic amines is 1. The highest BCUT2D eigenvalue weighted by molar-refractivity contribution is 6.02. The molecule has 0 bridgehead atoms. The zero-order valence-electron chi connectivity index (χ0n) is 12.0. The standard InChI is InChI=1S/C15H16N4O3/c1-10-9-13(18-16-10)15(22)19-17-12(7-8-14(20)21)11-5-3-2-4-6-11/h2-6,9H,7-8H2,1H3,(H,16,18)(H,19,22)(H,20,21)/p-1/b17-12-. The summed E-state index contributed by atoms with van der Waals surface area (Å²) >= 11 is 0. The SMILES string of the molecule is Cc1cc(C(=O)N/N=C(/CCC(=O)[O-])c2ccccc2)n[nH]1. The van der Waals surface area contributed by atoms with Crippen LogP contribution in [0.4, 0.5) is 0 Å². The molecule has 2 rings (SSSR count). The van der Waals surface area contributed by atoms with Crippen LogP contribution in [0.25, 0.3) is 0 Å². The first kappa shape index (κ1) is 15.4. The monoisotopic (exact) mass is 299 g/mol. The molecular formula is C15H15N4O3-. The molecule has 0 aliphatic carbocycles. The quantitative estimate of drug-likeness (QED) is 0.593. The summed E-state index contributed by atoms with van der Waals surface area (Å²) in [5.74, 6) is -1.64. The Morgan fingerprint density at radius 3 is 2.59 bits per heavy atom. The molecule has 0 atom stereocenters. The fourth-order valence-electron chi connectivity index (χ4n) is 1.83. The first-order chi connectivity index (χ1) is 10.6. The number of nitrogens with one attached hydrogen (secondary N) is 2. The second-order valence-electron chi connectivity index (χ2n) is 4.67. The molecule has 0 radical (unpaired) electrons. The summed E-state index contributed by atoms with van der Waals surface area (Å²) in [5.41, 5.74) is 4.56. The third-order valence-electron chi connectivity index (χ3n) is 2.90. The van der Waals surface area contributed by atoms with E-state index in [4.69, 9.17) is 0 Å². The second-order valence-corrected chi connectivity index (χ2v) is 4.67. The molecule has 0 aliphatic rings. The Bertz CT molecular complexity index is 692. The first-order valence-corrected chi connectivity index (χ1v) is 6.70. The number of hydrogen-bond acceptors (Lipinski definition) is 5. The fourth-order valence-corrected chi connectivity index (χ4v) is 1.83. The Balaban J connectivity index is 2.13. The van der Waals surface area contributed by atoms with Crippen molar-refractivity contribution in [1.82, 2.24) is 15.6 Å². The summed E-state index contributed by atoms with van der Waals surface area (Å²) in [7, 11) is 0. The van der Waals surface area contributed by atoms with Gasteiger partial charge in [-0.15, -0.1) is 0 Å². The third-order valence-corrected chi connectivity index (χ3v) is 2.90. The number of carboxylic acid groups (broad SMARTS) is 1. The van der Waals surface area contributed by atoms with Gasteiger partial charge in [-0.25, -0.2) is 5.43 Å². The predicted molar refractivity (Wildman–Crippen MR) is 78.0 cm³/mol. The van der Waals surface area contributed by atoms with E-state index in [1.54, 1.807) is 25.1 Å². The highest BCUT2D eigenvalue weighted by Gasteiger charge is 2.10. The molecule has 1 aromatic carbocycles. The number of H-pyrrole nitrogens is 1. The number of hydrogen-bond donors (Lipinski definition) is 2. The van der Waals surface area contributed by atoms with Crippen molar-refractivity contribution in [2.24, 2.45) is 5.10 Å². The summed E-state index contributed by atoms with van der Waals surface area (Å²) in [6.07, 6.45) is -0.0165. The van der Waals surface area contributed by atoms with Crippen molar-refractivity contribution in [2.75, 3.05) is 0 Å². The summed E-state index contributed by atoms with van der Waals surface area (Å²) in [4.78, 5) is 22.5. The van der Waals surface area contributed by atoms with Crippen LogP contribution >= 0.6 is 0 Å². The molecular weight excluding hydrogens is 284 g/mol. The largest absolute Gasteiger partial charge is 0.550 e. The van der Waals surface area contributed by atoms with Crippen LogP contribution in [0, 0.1) is 6.92 Å². The fraction of sp³-hybridized carbons (Fsp3) is 0.200. The number of carbonyl (C=O) groups excluding carboxylic acids is 2. The summed E-state index contributed by atoms with van der Waals surface area (Å²) < 4.78 is 0. The number of carbonyl (C=O) groups is 2. The molecule has 7 nitrogen and oxygen atoms in total. The van der Waals surface area contributed by atoms with E-state index in [1.807, 2.05) is 18.2 Å². The van der Waals surface area contributed by atoms with Crippen LogP contribution in [-0.4, -0.2) is 27.8 Å². The number of amides is 1. The van der Waals surface area contributed by atoms with Gasteiger partial charge in [0.25, 0.3) is 5.91 Å². The maximum absolute atomic E-state index is 11.9. The molecule has 0 saturated heterocycles. The lowest BCUT2D eigenvalue weighted by molar-refractivity contribution is -0.305. The van der Waals surface area contributed by atoms with Gasteiger partial charge in [0, 0.05) is 11.7 Å².